The molecule has 0 saturated carbocycles. The summed E-state index contributed by atoms with van der Waals surface area (Å²) in [5, 5.41) is 9.17. The molecule has 1 fully saturated rings. The van der Waals surface area contributed by atoms with Gasteiger partial charge in [-0.15, -0.1) is 0 Å². The van der Waals surface area contributed by atoms with Gasteiger partial charge in [-0.05, 0) is 57.4 Å². The summed E-state index contributed by atoms with van der Waals surface area (Å²) >= 11 is 0. The van der Waals surface area contributed by atoms with E-state index in [0.717, 1.165) is 29.4 Å². The Morgan fingerprint density at radius 3 is 2.78 bits per heavy atom. The van der Waals surface area contributed by atoms with E-state index in [0.29, 0.717) is 24.6 Å². The molecule has 0 spiro atoms. The summed E-state index contributed by atoms with van der Waals surface area (Å²) in [6.07, 6.45) is 5.43. The van der Waals surface area contributed by atoms with Crippen molar-refractivity contribution < 1.29 is 4.79 Å². The highest BCUT2D eigenvalue weighted by Gasteiger charge is 2.19. The lowest BCUT2D eigenvalue weighted by Crippen LogP contribution is -2.43. The van der Waals surface area contributed by atoms with Gasteiger partial charge in [0.2, 0.25) is 5.91 Å². The SMILES string of the molecule is Cc1ccc(C)c(Cn2c3ccccc3c3cnn(CC(=O)NCCN4CCCC[C@@H]4C)c(=O)c32)c1. The third-order valence-electron chi connectivity index (χ3n) is 7.56. The van der Waals surface area contributed by atoms with Gasteiger partial charge in [0.25, 0.3) is 5.56 Å². The van der Waals surface area contributed by atoms with Gasteiger partial charge in [0.15, 0.2) is 0 Å². The molecule has 1 amide bonds. The molecule has 188 valence electrons. The lowest BCUT2D eigenvalue weighted by molar-refractivity contribution is -0.122. The van der Waals surface area contributed by atoms with Crippen molar-refractivity contribution in [1.29, 1.82) is 0 Å². The molecule has 1 aliphatic heterocycles. The summed E-state index contributed by atoms with van der Waals surface area (Å²) < 4.78 is 3.36. The van der Waals surface area contributed by atoms with Crippen LogP contribution in [-0.4, -0.2) is 50.8 Å². The van der Waals surface area contributed by atoms with Gasteiger partial charge in [-0.25, -0.2) is 4.68 Å². The number of carbonyl (C=O) groups is 1. The van der Waals surface area contributed by atoms with Crippen molar-refractivity contribution in [3.8, 4) is 0 Å². The molecule has 7 nitrogen and oxygen atoms in total. The van der Waals surface area contributed by atoms with E-state index in [1.165, 1.54) is 40.6 Å². The van der Waals surface area contributed by atoms with Crippen LogP contribution in [0.2, 0.25) is 0 Å². The molecule has 2 aromatic carbocycles. The summed E-state index contributed by atoms with van der Waals surface area (Å²) in [5.74, 6) is -0.189. The van der Waals surface area contributed by atoms with E-state index in [1.807, 2.05) is 24.3 Å². The number of aromatic nitrogens is 3. The number of para-hydroxylation sites is 1. The highest BCUT2D eigenvalue weighted by Crippen LogP contribution is 2.28. The summed E-state index contributed by atoms with van der Waals surface area (Å²) in [7, 11) is 0. The number of nitrogens with zero attached hydrogens (tertiary/aromatic N) is 4. The van der Waals surface area contributed by atoms with Crippen LogP contribution in [-0.2, 0) is 17.9 Å². The molecule has 0 radical (unpaired) electrons. The normalized spacial score (nSPS) is 16.6. The molecule has 5 rings (SSSR count). The van der Waals surface area contributed by atoms with E-state index in [1.54, 1.807) is 6.20 Å². The Morgan fingerprint density at radius 2 is 1.94 bits per heavy atom. The maximum absolute atomic E-state index is 13.7. The average molecular weight is 486 g/mol. The maximum atomic E-state index is 13.7. The monoisotopic (exact) mass is 485 g/mol. The average Bonchev–Trinajstić information content (AvgIpc) is 3.18. The highest BCUT2D eigenvalue weighted by molar-refractivity contribution is 6.07. The minimum atomic E-state index is -0.242. The van der Waals surface area contributed by atoms with Gasteiger partial charge < -0.3 is 9.88 Å². The second kappa shape index (κ2) is 10.3. The van der Waals surface area contributed by atoms with Crippen molar-refractivity contribution >= 4 is 27.7 Å². The molecule has 3 heterocycles. The number of rotatable bonds is 7. The lowest BCUT2D eigenvalue weighted by atomic mass is 10.0. The molecule has 1 N–H and O–H groups in total. The molecule has 7 heteroatoms. The van der Waals surface area contributed by atoms with Crippen molar-refractivity contribution in [3.63, 3.8) is 0 Å². The Hall–Kier alpha value is -3.45. The third kappa shape index (κ3) is 4.80. The largest absolute Gasteiger partial charge is 0.353 e. The number of hydrogen-bond acceptors (Lipinski definition) is 4. The van der Waals surface area contributed by atoms with E-state index >= 15 is 0 Å². The smallest absolute Gasteiger partial charge is 0.291 e. The fraction of sp³-hybridized carbons (Fsp3) is 0.414. The number of carbonyl (C=O) groups excluding carboxylic acids is 1. The van der Waals surface area contributed by atoms with Gasteiger partial charge in [-0.1, -0.05) is 48.4 Å². The Morgan fingerprint density at radius 1 is 1.11 bits per heavy atom. The van der Waals surface area contributed by atoms with E-state index in [-0.39, 0.29) is 18.0 Å². The van der Waals surface area contributed by atoms with Gasteiger partial charge in [0.05, 0.1) is 6.20 Å². The van der Waals surface area contributed by atoms with E-state index in [9.17, 15) is 9.59 Å². The Bertz CT molecular complexity index is 1470. The maximum Gasteiger partial charge on any atom is 0.291 e. The molecule has 1 saturated heterocycles. The predicted molar refractivity (Wildman–Crippen MR) is 144 cm³/mol. The number of amides is 1. The van der Waals surface area contributed by atoms with Crippen LogP contribution in [0.3, 0.4) is 0 Å². The van der Waals surface area contributed by atoms with Gasteiger partial charge in [-0.3, -0.25) is 14.5 Å². The van der Waals surface area contributed by atoms with Gasteiger partial charge >= 0.3 is 0 Å². The van der Waals surface area contributed by atoms with Crippen LogP contribution >= 0.6 is 0 Å². The second-order valence-corrected chi connectivity index (χ2v) is 10.1. The van der Waals surface area contributed by atoms with Crippen molar-refractivity contribution in [2.75, 3.05) is 19.6 Å². The van der Waals surface area contributed by atoms with Crippen LogP contribution in [0, 0.1) is 13.8 Å². The molecule has 2 aromatic heterocycles. The predicted octanol–water partition coefficient (Wildman–Crippen LogP) is 4.01. The zero-order chi connectivity index (χ0) is 25.2. The standard InChI is InChI=1S/C29H35N5O2/c1-20-11-12-21(2)23(16-20)18-33-26-10-5-4-9-24(26)25-17-31-34(29(36)28(25)33)19-27(35)30-13-15-32-14-7-6-8-22(32)3/h4-5,9-12,16-17,22H,6-8,13-15,18-19H2,1-3H3,(H,30,35)/t22-/m0/s1. The van der Waals surface area contributed by atoms with E-state index < -0.39 is 0 Å². The lowest BCUT2D eigenvalue weighted by Gasteiger charge is -2.33. The minimum Gasteiger partial charge on any atom is -0.353 e. The Balaban J connectivity index is 1.42. The quantitative estimate of drug-likeness (QED) is 0.429. The second-order valence-electron chi connectivity index (χ2n) is 10.1. The first-order valence-corrected chi connectivity index (χ1v) is 13.0. The van der Waals surface area contributed by atoms with Crippen molar-refractivity contribution in [2.24, 2.45) is 0 Å². The van der Waals surface area contributed by atoms with Gasteiger partial charge in [0, 0.05) is 42.0 Å². The fourth-order valence-corrected chi connectivity index (χ4v) is 5.43. The summed E-state index contributed by atoms with van der Waals surface area (Å²) in [6.45, 7) is 9.40. The van der Waals surface area contributed by atoms with Crippen LogP contribution in [0.25, 0.3) is 21.8 Å². The zero-order valence-corrected chi connectivity index (χ0v) is 21.5. The molecule has 0 aliphatic carbocycles. The summed E-state index contributed by atoms with van der Waals surface area (Å²) in [4.78, 5) is 28.8. The molecular weight excluding hydrogens is 450 g/mol. The highest BCUT2D eigenvalue weighted by atomic mass is 16.2. The first-order valence-electron chi connectivity index (χ1n) is 13.0. The van der Waals surface area contributed by atoms with Crippen LogP contribution in [0.15, 0.2) is 53.5 Å². The molecule has 1 atom stereocenters. The number of piperidine rings is 1. The van der Waals surface area contributed by atoms with Crippen molar-refractivity contribution in [3.05, 3.63) is 75.7 Å². The fourth-order valence-electron chi connectivity index (χ4n) is 5.43. The number of aryl methyl sites for hydroxylation is 2. The number of nitrogens with one attached hydrogen (secondary N) is 1. The van der Waals surface area contributed by atoms with E-state index in [4.69, 9.17) is 0 Å². The molecule has 4 aromatic rings. The van der Waals surface area contributed by atoms with E-state index in [2.05, 4.69) is 58.9 Å². The summed E-state index contributed by atoms with van der Waals surface area (Å²) in [5.41, 5.74) is 4.88. The molecule has 36 heavy (non-hydrogen) atoms. The van der Waals surface area contributed by atoms with Gasteiger partial charge in [0.1, 0.15) is 12.1 Å². The van der Waals surface area contributed by atoms with Crippen LogP contribution in [0.1, 0.15) is 42.9 Å². The number of likely N-dealkylation sites (tertiary alicyclic amines) is 1. The van der Waals surface area contributed by atoms with Gasteiger partial charge in [-0.2, -0.15) is 5.10 Å². The van der Waals surface area contributed by atoms with Crippen molar-refractivity contribution in [1.82, 2.24) is 24.6 Å². The molecular formula is C29H35N5O2. The Labute approximate surface area is 211 Å². The minimum absolute atomic E-state index is 0.0880. The van der Waals surface area contributed by atoms with Crippen LogP contribution in [0.5, 0.6) is 0 Å². The first kappa shape index (κ1) is 24.3. The van der Waals surface area contributed by atoms with Crippen LogP contribution < -0.4 is 10.9 Å². The first-order chi connectivity index (χ1) is 17.4. The summed E-state index contributed by atoms with van der Waals surface area (Å²) in [6, 6.07) is 15.0. The third-order valence-corrected chi connectivity index (χ3v) is 7.56. The molecule has 1 aliphatic rings. The number of hydrogen-bond donors (Lipinski definition) is 1. The van der Waals surface area contributed by atoms with Crippen molar-refractivity contribution in [2.45, 2.75) is 59.2 Å². The topological polar surface area (TPSA) is 72.2 Å². The number of benzene rings is 2. The molecule has 0 unspecified atom stereocenters. The Kier molecular flexibility index (Phi) is 6.92. The van der Waals surface area contributed by atoms with Crippen LogP contribution in [0.4, 0.5) is 0 Å². The molecule has 0 bridgehead atoms. The zero-order valence-electron chi connectivity index (χ0n) is 21.5. The number of fused-ring (bicyclic) bond motifs is 3.